The number of halogens is 1. The van der Waals surface area contributed by atoms with E-state index in [1.807, 2.05) is 4.90 Å². The number of benzene rings is 1. The maximum Gasteiger partial charge on any atom is 0.431 e. The summed E-state index contributed by atoms with van der Waals surface area (Å²) in [6.45, 7) is 6.89. The highest BCUT2D eigenvalue weighted by Crippen LogP contribution is 2.29. The molecule has 0 bridgehead atoms. The molecule has 2 heterocycles. The molecule has 1 aromatic rings. The zero-order valence-electron chi connectivity index (χ0n) is 18.2. The SMILES string of the molecule is CC(C)(C)OC(=O)N1CCN(c2ccc(N3C[C@H](COC(=O)NO)OC3=O)cc2F)CC1. The topological polar surface area (TPSA) is 121 Å². The Hall–Kier alpha value is -3.28. The van der Waals surface area contributed by atoms with Crippen LogP contribution in [0.3, 0.4) is 0 Å². The Morgan fingerprint density at radius 2 is 1.94 bits per heavy atom. The minimum Gasteiger partial charge on any atom is -0.444 e. The smallest absolute Gasteiger partial charge is 0.431 e. The van der Waals surface area contributed by atoms with Gasteiger partial charge in [-0.2, -0.15) is 0 Å². The highest BCUT2D eigenvalue weighted by atomic mass is 19.1. The van der Waals surface area contributed by atoms with Crippen LogP contribution >= 0.6 is 0 Å². The van der Waals surface area contributed by atoms with Crippen LogP contribution in [0.2, 0.25) is 0 Å². The number of carbonyl (C=O) groups excluding carboxylic acids is 3. The van der Waals surface area contributed by atoms with Crippen LogP contribution in [0, 0.1) is 5.82 Å². The van der Waals surface area contributed by atoms with Crippen molar-refractivity contribution in [3.05, 3.63) is 24.0 Å². The number of hydroxylamine groups is 1. The number of nitrogens with zero attached hydrogens (tertiary/aromatic N) is 3. The van der Waals surface area contributed by atoms with E-state index >= 15 is 0 Å². The Morgan fingerprint density at radius 3 is 2.53 bits per heavy atom. The standard InChI is InChI=1S/C20H27FN4O7/c1-20(2,3)32-18(27)24-8-6-23(7-9-24)16-5-4-13(10-15(16)21)25-11-14(31-19(25)28)12-30-17(26)22-29/h4-5,10,14,29H,6-9,11-12H2,1-3H3,(H,22,26)/t14-/m1/s1. The quantitative estimate of drug-likeness (QED) is 0.404. The third-order valence-corrected chi connectivity index (χ3v) is 4.88. The number of rotatable bonds is 4. The summed E-state index contributed by atoms with van der Waals surface area (Å²) in [7, 11) is 0. The monoisotopic (exact) mass is 454 g/mol. The third-order valence-electron chi connectivity index (χ3n) is 4.88. The number of cyclic esters (lactones) is 1. The average Bonchev–Trinajstić information content (AvgIpc) is 3.11. The highest BCUT2D eigenvalue weighted by Gasteiger charge is 2.34. The zero-order chi connectivity index (χ0) is 23.5. The summed E-state index contributed by atoms with van der Waals surface area (Å²) in [4.78, 5) is 39.9. The Balaban J connectivity index is 1.58. The summed E-state index contributed by atoms with van der Waals surface area (Å²) < 4.78 is 30.0. The second-order valence-corrected chi connectivity index (χ2v) is 8.42. The molecule has 3 rings (SSSR count). The normalized spacial score (nSPS) is 19.0. The molecule has 0 aliphatic carbocycles. The molecule has 1 aromatic carbocycles. The first-order valence-corrected chi connectivity index (χ1v) is 10.1. The number of anilines is 2. The van der Waals surface area contributed by atoms with Crippen LogP contribution < -0.4 is 15.3 Å². The van der Waals surface area contributed by atoms with E-state index in [0.29, 0.717) is 37.6 Å². The number of hydrogen-bond acceptors (Lipinski definition) is 8. The van der Waals surface area contributed by atoms with Crippen molar-refractivity contribution in [2.24, 2.45) is 0 Å². The van der Waals surface area contributed by atoms with E-state index in [-0.39, 0.29) is 13.2 Å². The zero-order valence-corrected chi connectivity index (χ0v) is 18.2. The van der Waals surface area contributed by atoms with Gasteiger partial charge in [0.15, 0.2) is 6.10 Å². The molecule has 2 aliphatic heterocycles. The fraction of sp³-hybridized carbons (Fsp3) is 0.550. The number of piperazine rings is 1. The number of ether oxygens (including phenoxy) is 3. The predicted molar refractivity (Wildman–Crippen MR) is 110 cm³/mol. The highest BCUT2D eigenvalue weighted by molar-refractivity contribution is 5.90. The molecule has 176 valence electrons. The van der Waals surface area contributed by atoms with Gasteiger partial charge in [-0.3, -0.25) is 10.1 Å². The molecule has 2 aliphatic rings. The number of nitrogens with one attached hydrogen (secondary N) is 1. The van der Waals surface area contributed by atoms with E-state index in [4.69, 9.17) is 14.7 Å². The van der Waals surface area contributed by atoms with Crippen molar-refractivity contribution in [1.29, 1.82) is 0 Å². The van der Waals surface area contributed by atoms with Gasteiger partial charge in [0.2, 0.25) is 0 Å². The van der Waals surface area contributed by atoms with Crippen molar-refractivity contribution < 1.29 is 38.2 Å². The lowest BCUT2D eigenvalue weighted by Gasteiger charge is -2.37. The third kappa shape index (κ3) is 5.69. The molecule has 32 heavy (non-hydrogen) atoms. The summed E-state index contributed by atoms with van der Waals surface area (Å²) in [6, 6.07) is 4.41. The van der Waals surface area contributed by atoms with Crippen molar-refractivity contribution >= 4 is 29.7 Å². The molecule has 12 heteroatoms. The lowest BCUT2D eigenvalue weighted by molar-refractivity contribution is 0.0240. The van der Waals surface area contributed by atoms with Gasteiger partial charge in [-0.25, -0.2) is 24.3 Å². The fourth-order valence-electron chi connectivity index (χ4n) is 3.40. The van der Waals surface area contributed by atoms with Crippen LogP contribution in [-0.4, -0.2) is 79.4 Å². The second-order valence-electron chi connectivity index (χ2n) is 8.42. The molecule has 0 radical (unpaired) electrons. The largest absolute Gasteiger partial charge is 0.444 e. The van der Waals surface area contributed by atoms with E-state index in [9.17, 15) is 18.8 Å². The van der Waals surface area contributed by atoms with Crippen LogP contribution in [0.5, 0.6) is 0 Å². The molecule has 1 atom stereocenters. The molecule has 0 saturated carbocycles. The van der Waals surface area contributed by atoms with Crippen LogP contribution in [-0.2, 0) is 14.2 Å². The van der Waals surface area contributed by atoms with Crippen molar-refractivity contribution in [3.63, 3.8) is 0 Å². The number of carbonyl (C=O) groups is 3. The summed E-state index contributed by atoms with van der Waals surface area (Å²) in [6.07, 6.45) is -2.90. The van der Waals surface area contributed by atoms with E-state index < -0.39 is 35.8 Å². The first kappa shape index (κ1) is 23.4. The average molecular weight is 454 g/mol. The summed E-state index contributed by atoms with van der Waals surface area (Å²) >= 11 is 0. The lowest BCUT2D eigenvalue weighted by atomic mass is 10.2. The minimum absolute atomic E-state index is 0.0604. The first-order chi connectivity index (χ1) is 15.1. The van der Waals surface area contributed by atoms with Gasteiger partial charge in [-0.05, 0) is 39.0 Å². The second kappa shape index (κ2) is 9.47. The van der Waals surface area contributed by atoms with Crippen molar-refractivity contribution in [2.75, 3.05) is 49.1 Å². The van der Waals surface area contributed by atoms with Gasteiger partial charge in [0.25, 0.3) is 0 Å². The molecule has 0 unspecified atom stereocenters. The van der Waals surface area contributed by atoms with Gasteiger partial charge in [-0.1, -0.05) is 0 Å². The molecule has 2 fully saturated rings. The van der Waals surface area contributed by atoms with Crippen LogP contribution in [0.4, 0.5) is 30.1 Å². The Morgan fingerprint density at radius 1 is 1.25 bits per heavy atom. The molecule has 0 aromatic heterocycles. The molecule has 2 saturated heterocycles. The minimum atomic E-state index is -1.07. The van der Waals surface area contributed by atoms with Gasteiger partial charge in [0, 0.05) is 26.2 Å². The molecule has 3 amide bonds. The van der Waals surface area contributed by atoms with Gasteiger partial charge < -0.3 is 24.0 Å². The maximum atomic E-state index is 14.9. The maximum absolute atomic E-state index is 14.9. The van der Waals surface area contributed by atoms with E-state index in [2.05, 4.69) is 4.74 Å². The summed E-state index contributed by atoms with van der Waals surface area (Å²) in [5.41, 5.74) is 1.40. The number of hydrogen-bond donors (Lipinski definition) is 2. The van der Waals surface area contributed by atoms with E-state index in [1.165, 1.54) is 16.4 Å². The molecular formula is C20H27FN4O7. The van der Waals surface area contributed by atoms with Crippen LogP contribution in [0.1, 0.15) is 20.8 Å². The van der Waals surface area contributed by atoms with Gasteiger partial charge in [0.05, 0.1) is 17.9 Å². The molecule has 11 nitrogen and oxygen atoms in total. The van der Waals surface area contributed by atoms with Gasteiger partial charge >= 0.3 is 18.3 Å². The molecular weight excluding hydrogens is 427 g/mol. The first-order valence-electron chi connectivity index (χ1n) is 10.1. The Kier molecular flexibility index (Phi) is 6.92. The van der Waals surface area contributed by atoms with Crippen molar-refractivity contribution in [3.8, 4) is 0 Å². The van der Waals surface area contributed by atoms with E-state index in [0.717, 1.165) is 0 Å². The Labute approximate surface area is 184 Å². The van der Waals surface area contributed by atoms with Gasteiger partial charge in [0.1, 0.15) is 18.0 Å². The van der Waals surface area contributed by atoms with Gasteiger partial charge in [-0.15, -0.1) is 0 Å². The number of amides is 3. The van der Waals surface area contributed by atoms with Crippen LogP contribution in [0.15, 0.2) is 18.2 Å². The Bertz CT molecular complexity index is 868. The summed E-state index contributed by atoms with van der Waals surface area (Å²) in [5.74, 6) is -0.514. The molecule has 0 spiro atoms. The lowest BCUT2D eigenvalue weighted by Crippen LogP contribution is -2.50. The van der Waals surface area contributed by atoms with Crippen molar-refractivity contribution in [2.45, 2.75) is 32.5 Å². The predicted octanol–water partition coefficient (Wildman–Crippen LogP) is 2.32. The fourth-order valence-corrected chi connectivity index (χ4v) is 3.40. The molecule has 2 N–H and O–H groups in total. The van der Waals surface area contributed by atoms with E-state index in [1.54, 1.807) is 37.8 Å². The van der Waals surface area contributed by atoms with Crippen molar-refractivity contribution in [1.82, 2.24) is 10.4 Å². The summed E-state index contributed by atoms with van der Waals surface area (Å²) in [5, 5.41) is 8.43. The van der Waals surface area contributed by atoms with Crippen LogP contribution in [0.25, 0.3) is 0 Å².